The zero-order valence-corrected chi connectivity index (χ0v) is 13.0. The van der Waals surface area contributed by atoms with Gasteiger partial charge in [-0.25, -0.2) is 0 Å². The van der Waals surface area contributed by atoms with Crippen LogP contribution in [-0.2, 0) is 16.1 Å². The van der Waals surface area contributed by atoms with Crippen LogP contribution in [0.1, 0.15) is 6.92 Å². The molecule has 0 aliphatic carbocycles. The molecule has 0 fully saturated rings. The average Bonchev–Trinajstić information content (AvgIpc) is 2.89. The van der Waals surface area contributed by atoms with Gasteiger partial charge in [0.1, 0.15) is 5.75 Å². The van der Waals surface area contributed by atoms with Gasteiger partial charge in [0.25, 0.3) is 0 Å². The minimum atomic E-state index is -0.301. The Hall–Kier alpha value is -2.28. The third-order valence-electron chi connectivity index (χ3n) is 2.80. The van der Waals surface area contributed by atoms with E-state index in [2.05, 4.69) is 16.8 Å². The van der Waals surface area contributed by atoms with E-state index < -0.39 is 0 Å². The SMILES string of the molecule is C=CCn1c(SCC(=O)OCC)nnc1-c1ccccc1O. The quantitative estimate of drug-likeness (QED) is 0.480. The molecule has 116 valence electrons. The first-order chi connectivity index (χ1) is 10.7. The standard InChI is InChI=1S/C15H17N3O3S/c1-3-9-18-14(11-7-5-6-8-12(11)19)16-17-15(18)22-10-13(20)21-4-2/h3,5-8,19H,1,4,9-10H2,2H3. The van der Waals surface area contributed by atoms with Gasteiger partial charge in [-0.1, -0.05) is 30.0 Å². The summed E-state index contributed by atoms with van der Waals surface area (Å²) in [5.74, 6) is 0.514. The molecule has 2 rings (SSSR count). The van der Waals surface area contributed by atoms with Crippen molar-refractivity contribution in [2.24, 2.45) is 0 Å². The van der Waals surface area contributed by atoms with Gasteiger partial charge in [0.05, 0.1) is 17.9 Å². The van der Waals surface area contributed by atoms with Crippen molar-refractivity contribution in [3.63, 3.8) is 0 Å². The molecule has 1 aromatic carbocycles. The van der Waals surface area contributed by atoms with E-state index in [0.717, 1.165) is 0 Å². The summed E-state index contributed by atoms with van der Waals surface area (Å²) < 4.78 is 6.69. The molecule has 0 atom stereocenters. The predicted molar refractivity (Wildman–Crippen MR) is 84.7 cm³/mol. The molecule has 1 N–H and O–H groups in total. The van der Waals surface area contributed by atoms with Crippen LogP contribution in [0, 0.1) is 0 Å². The third-order valence-corrected chi connectivity index (χ3v) is 3.74. The first kappa shape index (κ1) is 16.1. The molecule has 1 aromatic heterocycles. The average molecular weight is 319 g/mol. The van der Waals surface area contributed by atoms with Crippen LogP contribution in [0.2, 0.25) is 0 Å². The summed E-state index contributed by atoms with van der Waals surface area (Å²) in [7, 11) is 0. The highest BCUT2D eigenvalue weighted by Crippen LogP contribution is 2.30. The van der Waals surface area contributed by atoms with Crippen molar-refractivity contribution in [1.82, 2.24) is 14.8 Å². The second kappa shape index (κ2) is 7.65. The highest BCUT2D eigenvalue weighted by molar-refractivity contribution is 7.99. The molecule has 7 heteroatoms. The number of hydrogen-bond donors (Lipinski definition) is 1. The molecule has 0 amide bonds. The highest BCUT2D eigenvalue weighted by Gasteiger charge is 2.17. The number of thioether (sulfide) groups is 1. The molecule has 6 nitrogen and oxygen atoms in total. The predicted octanol–water partition coefficient (Wildman–Crippen LogP) is 2.49. The fraction of sp³-hybridized carbons (Fsp3) is 0.267. The number of benzene rings is 1. The smallest absolute Gasteiger partial charge is 0.316 e. The molecular formula is C15H17N3O3S. The van der Waals surface area contributed by atoms with E-state index in [1.54, 1.807) is 35.8 Å². The fourth-order valence-corrected chi connectivity index (χ4v) is 2.62. The second-order valence-corrected chi connectivity index (χ2v) is 5.26. The van der Waals surface area contributed by atoms with Crippen LogP contribution in [0.4, 0.5) is 0 Å². The lowest BCUT2D eigenvalue weighted by Crippen LogP contribution is -2.08. The molecule has 22 heavy (non-hydrogen) atoms. The Bertz CT molecular complexity index is 670. The summed E-state index contributed by atoms with van der Waals surface area (Å²) in [6, 6.07) is 6.91. The topological polar surface area (TPSA) is 77.2 Å². The number of aromatic hydroxyl groups is 1. The molecule has 0 bridgehead atoms. The number of nitrogens with zero attached hydrogens (tertiary/aromatic N) is 3. The minimum Gasteiger partial charge on any atom is -0.507 e. The number of aromatic nitrogens is 3. The van der Waals surface area contributed by atoms with Crippen molar-refractivity contribution >= 4 is 17.7 Å². The monoisotopic (exact) mass is 319 g/mol. The number of allylic oxidation sites excluding steroid dienone is 1. The molecule has 0 aliphatic heterocycles. The maximum Gasteiger partial charge on any atom is 0.316 e. The summed E-state index contributed by atoms with van der Waals surface area (Å²) in [6.45, 7) is 6.30. The van der Waals surface area contributed by atoms with Gasteiger partial charge < -0.3 is 9.84 Å². The molecule has 0 saturated carbocycles. The number of rotatable bonds is 7. The van der Waals surface area contributed by atoms with Crippen LogP contribution in [0.15, 0.2) is 42.1 Å². The lowest BCUT2D eigenvalue weighted by atomic mass is 10.2. The van der Waals surface area contributed by atoms with Crippen LogP contribution in [0.3, 0.4) is 0 Å². The lowest BCUT2D eigenvalue weighted by molar-refractivity contribution is -0.139. The van der Waals surface area contributed by atoms with Gasteiger partial charge >= 0.3 is 5.97 Å². The Morgan fingerprint density at radius 2 is 2.23 bits per heavy atom. The molecule has 0 radical (unpaired) electrons. The third kappa shape index (κ3) is 3.67. The first-order valence-electron chi connectivity index (χ1n) is 6.78. The zero-order chi connectivity index (χ0) is 15.9. The summed E-state index contributed by atoms with van der Waals surface area (Å²) in [5, 5.41) is 18.8. The van der Waals surface area contributed by atoms with E-state index in [0.29, 0.717) is 29.7 Å². The van der Waals surface area contributed by atoms with E-state index >= 15 is 0 Å². The van der Waals surface area contributed by atoms with Gasteiger partial charge in [0, 0.05) is 6.54 Å². The molecule has 0 aliphatic rings. The van der Waals surface area contributed by atoms with Crippen molar-refractivity contribution in [3.05, 3.63) is 36.9 Å². The molecule has 1 heterocycles. The number of phenolic OH excluding ortho intramolecular Hbond substituents is 1. The normalized spacial score (nSPS) is 10.4. The number of para-hydroxylation sites is 1. The van der Waals surface area contributed by atoms with E-state index in [1.807, 2.05) is 6.07 Å². The van der Waals surface area contributed by atoms with E-state index in [4.69, 9.17) is 4.74 Å². The van der Waals surface area contributed by atoms with Crippen LogP contribution < -0.4 is 0 Å². The molecule has 2 aromatic rings. The lowest BCUT2D eigenvalue weighted by Gasteiger charge is -2.08. The molecule has 0 spiro atoms. The number of carbonyl (C=O) groups excluding carboxylic acids is 1. The largest absolute Gasteiger partial charge is 0.507 e. The van der Waals surface area contributed by atoms with Gasteiger partial charge in [0.2, 0.25) is 0 Å². The van der Waals surface area contributed by atoms with Crippen LogP contribution in [0.25, 0.3) is 11.4 Å². The highest BCUT2D eigenvalue weighted by atomic mass is 32.2. The molecule has 0 unspecified atom stereocenters. The van der Waals surface area contributed by atoms with Crippen LogP contribution in [-0.4, -0.2) is 38.2 Å². The van der Waals surface area contributed by atoms with Crippen molar-refractivity contribution in [2.45, 2.75) is 18.6 Å². The number of esters is 1. The molecular weight excluding hydrogens is 302 g/mol. The summed E-state index contributed by atoms with van der Waals surface area (Å²) in [4.78, 5) is 11.5. The summed E-state index contributed by atoms with van der Waals surface area (Å²) in [6.07, 6.45) is 1.71. The Balaban J connectivity index is 2.27. The second-order valence-electron chi connectivity index (χ2n) is 4.32. The van der Waals surface area contributed by atoms with Gasteiger partial charge in [-0.05, 0) is 19.1 Å². The number of ether oxygens (including phenoxy) is 1. The van der Waals surface area contributed by atoms with E-state index in [1.165, 1.54) is 11.8 Å². The maximum atomic E-state index is 11.5. The van der Waals surface area contributed by atoms with Gasteiger partial charge in [-0.15, -0.1) is 16.8 Å². The Morgan fingerprint density at radius 3 is 2.91 bits per heavy atom. The number of phenols is 1. The van der Waals surface area contributed by atoms with Crippen LogP contribution in [0.5, 0.6) is 5.75 Å². The number of hydrogen-bond acceptors (Lipinski definition) is 6. The Labute approximate surface area is 132 Å². The Kier molecular flexibility index (Phi) is 5.60. The van der Waals surface area contributed by atoms with Gasteiger partial charge in [-0.2, -0.15) is 0 Å². The van der Waals surface area contributed by atoms with Gasteiger partial charge in [0.15, 0.2) is 11.0 Å². The Morgan fingerprint density at radius 1 is 1.45 bits per heavy atom. The van der Waals surface area contributed by atoms with Crippen LogP contribution >= 0.6 is 11.8 Å². The fourth-order valence-electron chi connectivity index (χ4n) is 1.88. The maximum absolute atomic E-state index is 11.5. The van der Waals surface area contributed by atoms with Crippen molar-refractivity contribution < 1.29 is 14.6 Å². The summed E-state index contributed by atoms with van der Waals surface area (Å²) in [5.41, 5.74) is 0.583. The minimum absolute atomic E-state index is 0.127. The number of carbonyl (C=O) groups is 1. The van der Waals surface area contributed by atoms with E-state index in [9.17, 15) is 9.90 Å². The van der Waals surface area contributed by atoms with E-state index in [-0.39, 0.29) is 17.5 Å². The molecule has 0 saturated heterocycles. The van der Waals surface area contributed by atoms with Crippen molar-refractivity contribution in [1.29, 1.82) is 0 Å². The first-order valence-corrected chi connectivity index (χ1v) is 7.76. The van der Waals surface area contributed by atoms with Crippen molar-refractivity contribution in [2.75, 3.05) is 12.4 Å². The summed E-state index contributed by atoms with van der Waals surface area (Å²) >= 11 is 1.24. The van der Waals surface area contributed by atoms with Gasteiger partial charge in [-0.3, -0.25) is 9.36 Å². The van der Waals surface area contributed by atoms with Crippen molar-refractivity contribution in [3.8, 4) is 17.1 Å². The zero-order valence-electron chi connectivity index (χ0n) is 12.2.